The van der Waals surface area contributed by atoms with Gasteiger partial charge in [-0.1, -0.05) is 30.3 Å². The van der Waals surface area contributed by atoms with Crippen LogP contribution in [0.4, 0.5) is 18.9 Å². The maximum absolute atomic E-state index is 13.8. The Hall–Kier alpha value is -3.69. The van der Waals surface area contributed by atoms with Crippen molar-refractivity contribution in [2.75, 3.05) is 38.5 Å². The van der Waals surface area contributed by atoms with E-state index in [4.69, 9.17) is 0 Å². The molecule has 39 heavy (non-hydrogen) atoms. The number of amides is 1. The van der Waals surface area contributed by atoms with E-state index in [0.29, 0.717) is 6.42 Å². The minimum absolute atomic E-state index is 0.160. The summed E-state index contributed by atoms with van der Waals surface area (Å²) in [6.07, 6.45) is -2.02. The number of aromatic nitrogens is 2. The number of nitrogens with one attached hydrogen (secondary N) is 2. The molecule has 0 unspecified atom stereocenters. The van der Waals surface area contributed by atoms with Gasteiger partial charge in [0, 0.05) is 67.7 Å². The number of alkyl halides is 3. The Morgan fingerprint density at radius 3 is 2.46 bits per heavy atom. The number of H-pyrrole nitrogens is 1. The van der Waals surface area contributed by atoms with Crippen LogP contribution in [0.15, 0.2) is 60.8 Å². The van der Waals surface area contributed by atoms with Crippen LogP contribution in [-0.2, 0) is 23.9 Å². The van der Waals surface area contributed by atoms with E-state index in [1.807, 2.05) is 49.3 Å². The second kappa shape index (κ2) is 11.2. The fourth-order valence-electron chi connectivity index (χ4n) is 4.96. The molecule has 4 aromatic rings. The van der Waals surface area contributed by atoms with Crippen molar-refractivity contribution in [2.45, 2.75) is 32.5 Å². The monoisotopic (exact) mass is 535 g/mol. The van der Waals surface area contributed by atoms with Crippen LogP contribution in [0.1, 0.15) is 28.8 Å². The summed E-state index contributed by atoms with van der Waals surface area (Å²) in [6.45, 7) is 5.35. The molecule has 1 aliphatic heterocycles. The molecule has 204 valence electrons. The molecule has 2 aromatic carbocycles. The predicted octanol–water partition coefficient (Wildman–Crippen LogP) is 5.88. The van der Waals surface area contributed by atoms with Crippen molar-refractivity contribution in [3.8, 4) is 11.1 Å². The Labute approximate surface area is 225 Å². The van der Waals surface area contributed by atoms with E-state index in [1.54, 1.807) is 6.07 Å². The van der Waals surface area contributed by atoms with E-state index in [1.165, 1.54) is 6.07 Å². The lowest BCUT2D eigenvalue weighted by Crippen LogP contribution is -2.44. The molecule has 5 rings (SSSR count). The highest BCUT2D eigenvalue weighted by Gasteiger charge is 2.34. The Kier molecular flexibility index (Phi) is 7.72. The van der Waals surface area contributed by atoms with Gasteiger partial charge >= 0.3 is 6.18 Å². The maximum atomic E-state index is 13.8. The SMILES string of the molecule is Cc1cc2cc(-c3ccc(CCC(=O)Nc4ccc(CN5CCN(C)CC5)c(C(F)(F)F)c4)cc3)cnc2[nH]1. The summed E-state index contributed by atoms with van der Waals surface area (Å²) >= 11 is 0. The van der Waals surface area contributed by atoms with Gasteiger partial charge in [0.1, 0.15) is 5.65 Å². The summed E-state index contributed by atoms with van der Waals surface area (Å²) in [5, 5.41) is 3.70. The molecule has 0 saturated carbocycles. The van der Waals surface area contributed by atoms with Crippen molar-refractivity contribution < 1.29 is 18.0 Å². The van der Waals surface area contributed by atoms with Gasteiger partial charge in [-0.05, 0) is 61.3 Å². The first-order valence-electron chi connectivity index (χ1n) is 13.1. The smallest absolute Gasteiger partial charge is 0.344 e. The summed E-state index contributed by atoms with van der Waals surface area (Å²) in [5.74, 6) is -0.323. The zero-order valence-corrected chi connectivity index (χ0v) is 22.1. The number of nitrogens with zero attached hydrogens (tertiary/aromatic N) is 3. The summed E-state index contributed by atoms with van der Waals surface area (Å²) in [4.78, 5) is 24.5. The van der Waals surface area contributed by atoms with Gasteiger partial charge in [0.15, 0.2) is 0 Å². The summed E-state index contributed by atoms with van der Waals surface area (Å²) in [7, 11) is 2.01. The Morgan fingerprint density at radius 2 is 1.74 bits per heavy atom. The number of fused-ring (bicyclic) bond motifs is 1. The van der Waals surface area contributed by atoms with Crippen LogP contribution in [0.5, 0.6) is 0 Å². The van der Waals surface area contributed by atoms with Crippen LogP contribution in [-0.4, -0.2) is 58.9 Å². The van der Waals surface area contributed by atoms with Gasteiger partial charge in [0.25, 0.3) is 0 Å². The van der Waals surface area contributed by atoms with Crippen LogP contribution in [0, 0.1) is 6.92 Å². The van der Waals surface area contributed by atoms with E-state index in [9.17, 15) is 18.0 Å². The lowest BCUT2D eigenvalue weighted by Gasteiger charge is -2.33. The van der Waals surface area contributed by atoms with Crippen molar-refractivity contribution in [3.05, 3.63) is 83.2 Å². The first-order chi connectivity index (χ1) is 18.6. The van der Waals surface area contributed by atoms with Crippen LogP contribution in [0.3, 0.4) is 0 Å². The quantitative estimate of drug-likeness (QED) is 0.311. The summed E-state index contributed by atoms with van der Waals surface area (Å²) < 4.78 is 41.5. The molecule has 0 spiro atoms. The van der Waals surface area contributed by atoms with E-state index in [2.05, 4.69) is 32.3 Å². The van der Waals surface area contributed by atoms with Crippen molar-refractivity contribution in [2.24, 2.45) is 0 Å². The predicted molar refractivity (Wildman–Crippen MR) is 147 cm³/mol. The van der Waals surface area contributed by atoms with Crippen molar-refractivity contribution >= 4 is 22.6 Å². The number of pyridine rings is 1. The number of carbonyl (C=O) groups is 1. The minimum atomic E-state index is -4.50. The fraction of sp³-hybridized carbons (Fsp3) is 0.333. The number of carbonyl (C=O) groups excluding carboxylic acids is 1. The number of anilines is 1. The summed E-state index contributed by atoms with van der Waals surface area (Å²) in [5.41, 5.74) is 4.59. The van der Waals surface area contributed by atoms with Crippen LogP contribution < -0.4 is 5.32 Å². The van der Waals surface area contributed by atoms with Crippen LogP contribution >= 0.6 is 0 Å². The average Bonchev–Trinajstić information content (AvgIpc) is 3.28. The maximum Gasteiger partial charge on any atom is 0.416 e. The number of rotatable bonds is 7. The fourth-order valence-corrected chi connectivity index (χ4v) is 4.96. The highest BCUT2D eigenvalue weighted by atomic mass is 19.4. The van der Waals surface area contributed by atoms with Gasteiger partial charge in [0.05, 0.1) is 5.56 Å². The van der Waals surface area contributed by atoms with Gasteiger partial charge in [-0.2, -0.15) is 13.2 Å². The topological polar surface area (TPSA) is 64.3 Å². The van der Waals surface area contributed by atoms with Gasteiger partial charge < -0.3 is 15.2 Å². The van der Waals surface area contributed by atoms with Gasteiger partial charge in [-0.15, -0.1) is 0 Å². The first-order valence-corrected chi connectivity index (χ1v) is 13.1. The van der Waals surface area contributed by atoms with E-state index >= 15 is 0 Å². The Morgan fingerprint density at radius 1 is 1.00 bits per heavy atom. The Bertz CT molecular complexity index is 1450. The van der Waals surface area contributed by atoms with E-state index < -0.39 is 11.7 Å². The average molecular weight is 536 g/mol. The molecule has 1 aliphatic rings. The number of hydrogen-bond donors (Lipinski definition) is 2. The molecule has 3 heterocycles. The highest BCUT2D eigenvalue weighted by Crippen LogP contribution is 2.34. The number of benzene rings is 2. The molecule has 1 saturated heterocycles. The second-order valence-corrected chi connectivity index (χ2v) is 10.3. The largest absolute Gasteiger partial charge is 0.416 e. The molecule has 9 heteroatoms. The number of hydrogen-bond acceptors (Lipinski definition) is 4. The molecular formula is C30H32F3N5O. The van der Waals surface area contributed by atoms with Crippen molar-refractivity contribution in [1.29, 1.82) is 0 Å². The number of aryl methyl sites for hydroxylation is 2. The molecule has 0 atom stereocenters. The summed E-state index contributed by atoms with van der Waals surface area (Å²) in [6, 6.07) is 16.1. The van der Waals surface area contributed by atoms with E-state index in [0.717, 1.165) is 65.7 Å². The normalized spacial score (nSPS) is 15.1. The number of piperazine rings is 1. The zero-order valence-electron chi connectivity index (χ0n) is 22.1. The molecule has 1 fully saturated rings. The number of halogens is 3. The second-order valence-electron chi connectivity index (χ2n) is 10.3. The molecule has 6 nitrogen and oxygen atoms in total. The minimum Gasteiger partial charge on any atom is -0.344 e. The lowest BCUT2D eigenvalue weighted by molar-refractivity contribution is -0.138. The first kappa shape index (κ1) is 26.9. The van der Waals surface area contributed by atoms with Crippen molar-refractivity contribution in [1.82, 2.24) is 19.8 Å². The van der Waals surface area contributed by atoms with Gasteiger partial charge in [-0.3, -0.25) is 9.69 Å². The van der Waals surface area contributed by atoms with Crippen molar-refractivity contribution in [3.63, 3.8) is 0 Å². The van der Waals surface area contributed by atoms with Gasteiger partial charge in [0.2, 0.25) is 5.91 Å². The number of likely N-dealkylation sites (N-methyl/N-ethyl adjacent to an activating group) is 1. The lowest BCUT2D eigenvalue weighted by atomic mass is 10.0. The molecule has 0 radical (unpaired) electrons. The molecular weight excluding hydrogens is 503 g/mol. The molecule has 2 aromatic heterocycles. The molecule has 0 aliphatic carbocycles. The standard InChI is InChI=1S/C30H32F3N5O/c1-20-15-24-16-25(18-34-29(24)35-20)22-6-3-21(4-7-22)5-10-28(39)36-26-9-8-23(27(17-26)30(31,32)33)19-38-13-11-37(2)12-14-38/h3-4,6-9,15-18H,5,10-14,19H2,1-2H3,(H,34,35)(H,36,39). The van der Waals surface area contributed by atoms with Gasteiger partial charge in [-0.25, -0.2) is 4.98 Å². The zero-order chi connectivity index (χ0) is 27.6. The molecule has 0 bridgehead atoms. The molecule has 1 amide bonds. The third-order valence-corrected chi connectivity index (χ3v) is 7.22. The highest BCUT2D eigenvalue weighted by molar-refractivity contribution is 5.91. The number of aromatic amines is 1. The Balaban J connectivity index is 1.19. The van der Waals surface area contributed by atoms with Crippen LogP contribution in [0.2, 0.25) is 0 Å². The van der Waals surface area contributed by atoms with E-state index in [-0.39, 0.29) is 30.1 Å². The third kappa shape index (κ3) is 6.66. The van der Waals surface area contributed by atoms with Crippen LogP contribution in [0.25, 0.3) is 22.2 Å². The molecule has 2 N–H and O–H groups in total. The third-order valence-electron chi connectivity index (χ3n) is 7.22.